The van der Waals surface area contributed by atoms with E-state index in [0.717, 1.165) is 0 Å². The SMILES string of the molecule is N#CCCCC(=O)c1cccc(C#N)c1. The van der Waals surface area contributed by atoms with Crippen LogP contribution in [-0.4, -0.2) is 5.78 Å². The van der Waals surface area contributed by atoms with E-state index in [9.17, 15) is 4.79 Å². The van der Waals surface area contributed by atoms with Crippen LogP contribution in [0.3, 0.4) is 0 Å². The quantitative estimate of drug-likeness (QED) is 0.551. The molecule has 15 heavy (non-hydrogen) atoms. The van der Waals surface area contributed by atoms with Gasteiger partial charge in [-0.3, -0.25) is 4.79 Å². The van der Waals surface area contributed by atoms with Crippen molar-refractivity contribution >= 4 is 5.78 Å². The van der Waals surface area contributed by atoms with E-state index in [0.29, 0.717) is 30.4 Å². The van der Waals surface area contributed by atoms with Crippen LogP contribution >= 0.6 is 0 Å². The third kappa shape index (κ3) is 3.25. The van der Waals surface area contributed by atoms with Gasteiger partial charge in [0.25, 0.3) is 0 Å². The molecule has 0 saturated heterocycles. The minimum Gasteiger partial charge on any atom is -0.294 e. The zero-order valence-electron chi connectivity index (χ0n) is 8.23. The van der Waals surface area contributed by atoms with Gasteiger partial charge >= 0.3 is 0 Å². The molecular formula is C12H10N2O. The number of ketones is 1. The van der Waals surface area contributed by atoms with Crippen molar-refractivity contribution in [3.8, 4) is 12.1 Å². The van der Waals surface area contributed by atoms with Crippen LogP contribution in [0, 0.1) is 22.7 Å². The number of rotatable bonds is 4. The highest BCUT2D eigenvalue weighted by Gasteiger charge is 2.05. The normalized spacial score (nSPS) is 8.93. The van der Waals surface area contributed by atoms with Crippen molar-refractivity contribution in [3.63, 3.8) is 0 Å². The lowest BCUT2D eigenvalue weighted by Gasteiger charge is -1.99. The number of benzene rings is 1. The number of nitriles is 2. The number of Topliss-reactive ketones (excluding diaryl/α,β-unsaturated/α-hetero) is 1. The predicted octanol–water partition coefficient (Wildman–Crippen LogP) is 2.43. The number of carbonyl (C=O) groups is 1. The van der Waals surface area contributed by atoms with Gasteiger partial charge in [0.15, 0.2) is 5.78 Å². The third-order valence-corrected chi connectivity index (χ3v) is 2.01. The molecule has 0 aromatic heterocycles. The molecule has 0 spiro atoms. The van der Waals surface area contributed by atoms with E-state index >= 15 is 0 Å². The fourth-order valence-corrected chi connectivity index (χ4v) is 1.23. The molecule has 0 radical (unpaired) electrons. The van der Waals surface area contributed by atoms with Gasteiger partial charge in [0.2, 0.25) is 0 Å². The van der Waals surface area contributed by atoms with Crippen molar-refractivity contribution in [2.24, 2.45) is 0 Å². The number of unbranched alkanes of at least 4 members (excludes halogenated alkanes) is 1. The summed E-state index contributed by atoms with van der Waals surface area (Å²) in [5, 5.41) is 17.0. The van der Waals surface area contributed by atoms with E-state index in [1.165, 1.54) is 0 Å². The maximum Gasteiger partial charge on any atom is 0.162 e. The monoisotopic (exact) mass is 198 g/mol. The van der Waals surface area contributed by atoms with E-state index in [1.54, 1.807) is 24.3 Å². The van der Waals surface area contributed by atoms with E-state index in [-0.39, 0.29) is 5.78 Å². The first-order valence-corrected chi connectivity index (χ1v) is 4.68. The largest absolute Gasteiger partial charge is 0.294 e. The standard InChI is InChI=1S/C12H10N2O/c13-7-2-1-6-12(15)11-5-3-4-10(8-11)9-14/h3-5,8H,1-2,6H2. The molecule has 0 aliphatic rings. The van der Waals surface area contributed by atoms with Gasteiger partial charge < -0.3 is 0 Å². The van der Waals surface area contributed by atoms with Crippen molar-refractivity contribution in [1.29, 1.82) is 10.5 Å². The summed E-state index contributed by atoms with van der Waals surface area (Å²) in [6.07, 6.45) is 1.33. The highest BCUT2D eigenvalue weighted by atomic mass is 16.1. The second kappa shape index (κ2) is 5.57. The molecule has 1 aromatic carbocycles. The minimum absolute atomic E-state index is 0.0117. The molecule has 0 saturated carbocycles. The Hall–Kier alpha value is -2.13. The maximum atomic E-state index is 11.6. The van der Waals surface area contributed by atoms with Gasteiger partial charge in [-0.1, -0.05) is 12.1 Å². The molecule has 0 bridgehead atoms. The lowest BCUT2D eigenvalue weighted by Crippen LogP contribution is -1.98. The predicted molar refractivity (Wildman–Crippen MR) is 55.0 cm³/mol. The molecule has 0 heterocycles. The zero-order valence-corrected chi connectivity index (χ0v) is 8.23. The number of hydrogen-bond donors (Lipinski definition) is 0. The average Bonchev–Trinajstić information content (AvgIpc) is 2.29. The molecule has 1 rings (SSSR count). The van der Waals surface area contributed by atoms with Crippen LogP contribution in [0.1, 0.15) is 35.2 Å². The Bertz CT molecular complexity index is 438. The fraction of sp³-hybridized carbons (Fsp3) is 0.250. The van der Waals surface area contributed by atoms with E-state index < -0.39 is 0 Å². The highest BCUT2D eigenvalue weighted by molar-refractivity contribution is 5.96. The summed E-state index contributed by atoms with van der Waals surface area (Å²) in [5.41, 5.74) is 1.04. The molecule has 0 aliphatic heterocycles. The summed E-state index contributed by atoms with van der Waals surface area (Å²) in [5.74, 6) is -0.0117. The molecule has 0 fully saturated rings. The van der Waals surface area contributed by atoms with Crippen LogP contribution < -0.4 is 0 Å². The second-order valence-electron chi connectivity index (χ2n) is 3.13. The molecular weight excluding hydrogens is 188 g/mol. The summed E-state index contributed by atoms with van der Waals surface area (Å²) in [7, 11) is 0. The van der Waals surface area contributed by atoms with Crippen LogP contribution in [-0.2, 0) is 0 Å². The molecule has 0 amide bonds. The molecule has 0 N–H and O–H groups in total. The summed E-state index contributed by atoms with van der Waals surface area (Å²) >= 11 is 0. The second-order valence-corrected chi connectivity index (χ2v) is 3.13. The summed E-state index contributed by atoms with van der Waals surface area (Å²) < 4.78 is 0. The zero-order chi connectivity index (χ0) is 11.1. The van der Waals surface area contributed by atoms with E-state index in [1.807, 2.05) is 12.1 Å². The Balaban J connectivity index is 2.67. The van der Waals surface area contributed by atoms with Crippen molar-refractivity contribution in [1.82, 2.24) is 0 Å². The molecule has 1 aromatic rings. The lowest BCUT2D eigenvalue weighted by molar-refractivity contribution is 0.0980. The number of nitrogens with zero attached hydrogens (tertiary/aromatic N) is 2. The Kier molecular flexibility index (Phi) is 4.06. The first-order valence-electron chi connectivity index (χ1n) is 4.68. The smallest absolute Gasteiger partial charge is 0.162 e. The van der Waals surface area contributed by atoms with Gasteiger partial charge in [-0.25, -0.2) is 0 Å². The maximum absolute atomic E-state index is 11.6. The van der Waals surface area contributed by atoms with Gasteiger partial charge in [0.1, 0.15) is 0 Å². The van der Waals surface area contributed by atoms with Crippen LogP contribution in [0.25, 0.3) is 0 Å². The third-order valence-electron chi connectivity index (χ3n) is 2.01. The summed E-state index contributed by atoms with van der Waals surface area (Å²) in [4.78, 5) is 11.6. The minimum atomic E-state index is -0.0117. The Morgan fingerprint density at radius 1 is 1.33 bits per heavy atom. The van der Waals surface area contributed by atoms with Crippen LogP contribution in [0.15, 0.2) is 24.3 Å². The van der Waals surface area contributed by atoms with E-state index in [4.69, 9.17) is 10.5 Å². The first kappa shape index (κ1) is 10.9. The van der Waals surface area contributed by atoms with E-state index in [2.05, 4.69) is 0 Å². The Morgan fingerprint density at radius 2 is 2.13 bits per heavy atom. The van der Waals surface area contributed by atoms with Gasteiger partial charge in [-0.15, -0.1) is 0 Å². The van der Waals surface area contributed by atoms with Crippen LogP contribution in [0.2, 0.25) is 0 Å². The van der Waals surface area contributed by atoms with Crippen LogP contribution in [0.5, 0.6) is 0 Å². The highest BCUT2D eigenvalue weighted by Crippen LogP contribution is 2.09. The van der Waals surface area contributed by atoms with Crippen molar-refractivity contribution < 1.29 is 4.79 Å². The molecule has 3 nitrogen and oxygen atoms in total. The Morgan fingerprint density at radius 3 is 2.80 bits per heavy atom. The number of hydrogen-bond acceptors (Lipinski definition) is 3. The topological polar surface area (TPSA) is 64.7 Å². The molecule has 0 atom stereocenters. The summed E-state index contributed by atoms with van der Waals surface area (Å²) in [6, 6.07) is 10.6. The van der Waals surface area contributed by atoms with Crippen LogP contribution in [0.4, 0.5) is 0 Å². The van der Waals surface area contributed by atoms with Gasteiger partial charge in [0, 0.05) is 18.4 Å². The average molecular weight is 198 g/mol. The molecule has 3 heteroatoms. The van der Waals surface area contributed by atoms with Crippen molar-refractivity contribution in [3.05, 3.63) is 35.4 Å². The first-order chi connectivity index (χ1) is 7.27. The van der Waals surface area contributed by atoms with Gasteiger partial charge in [0.05, 0.1) is 17.7 Å². The van der Waals surface area contributed by atoms with Crippen molar-refractivity contribution in [2.45, 2.75) is 19.3 Å². The molecule has 74 valence electrons. The Labute approximate surface area is 88.6 Å². The number of carbonyl (C=O) groups excluding carboxylic acids is 1. The summed E-state index contributed by atoms with van der Waals surface area (Å²) in [6.45, 7) is 0. The lowest BCUT2D eigenvalue weighted by atomic mass is 10.0. The van der Waals surface area contributed by atoms with Gasteiger partial charge in [-0.2, -0.15) is 10.5 Å². The fourth-order valence-electron chi connectivity index (χ4n) is 1.23. The van der Waals surface area contributed by atoms with Crippen molar-refractivity contribution in [2.75, 3.05) is 0 Å². The molecule has 0 aliphatic carbocycles. The molecule has 0 unspecified atom stereocenters. The van der Waals surface area contributed by atoms with Gasteiger partial charge in [-0.05, 0) is 18.6 Å².